The molecule has 1 aromatic heterocycles. The average Bonchev–Trinajstić information content (AvgIpc) is 3.16. The largest absolute Gasteiger partial charge is 0.490 e. The highest BCUT2D eigenvalue weighted by atomic mass is 19.1. The molecule has 1 aromatic carbocycles. The van der Waals surface area contributed by atoms with Crippen molar-refractivity contribution >= 4 is 5.91 Å². The molecule has 8 heteroatoms. The summed E-state index contributed by atoms with van der Waals surface area (Å²) in [5, 5.41) is 0. The Balaban J connectivity index is 1.47. The highest BCUT2D eigenvalue weighted by Crippen LogP contribution is 2.41. The fourth-order valence-corrected chi connectivity index (χ4v) is 3.87. The number of aryl methyl sites for hydroxylation is 1. The van der Waals surface area contributed by atoms with Gasteiger partial charge in [-0.3, -0.25) is 4.79 Å². The summed E-state index contributed by atoms with van der Waals surface area (Å²) in [6, 6.07) is 6.96. The zero-order valence-corrected chi connectivity index (χ0v) is 17.4. The van der Waals surface area contributed by atoms with Gasteiger partial charge in [-0.05, 0) is 50.6 Å². The van der Waals surface area contributed by atoms with Gasteiger partial charge in [-0.15, -0.1) is 0 Å². The smallest absolute Gasteiger partial charge is 0.253 e. The lowest BCUT2D eigenvalue weighted by Gasteiger charge is -2.40. The van der Waals surface area contributed by atoms with E-state index in [2.05, 4.69) is 9.97 Å². The van der Waals surface area contributed by atoms with Crippen LogP contribution in [0.1, 0.15) is 42.0 Å². The standard InChI is InChI=1S/C22H26FN3O4/c1-15-11-16(5-6-17(15)28-13-21(2,3)23)19(27)26-10-7-22(18(12-26)29-14-30-22)20-24-8-4-9-25-20/h4-6,8-9,11,18H,7,10,12-14H2,1-3H3. The number of carbonyl (C=O) groups excluding carboxylic acids is 1. The minimum atomic E-state index is -1.42. The van der Waals surface area contributed by atoms with Crippen molar-refractivity contribution in [1.29, 1.82) is 0 Å². The number of hydrogen-bond acceptors (Lipinski definition) is 6. The number of fused-ring (bicyclic) bond motifs is 1. The van der Waals surface area contributed by atoms with Gasteiger partial charge in [0.05, 0.1) is 6.54 Å². The molecule has 0 radical (unpaired) electrons. The molecule has 7 nitrogen and oxygen atoms in total. The quantitative estimate of drug-likeness (QED) is 0.747. The number of halogens is 1. The molecule has 2 fully saturated rings. The van der Waals surface area contributed by atoms with Crippen LogP contribution in [0.3, 0.4) is 0 Å². The van der Waals surface area contributed by atoms with Crippen LogP contribution in [-0.4, -0.2) is 59.0 Å². The van der Waals surface area contributed by atoms with Crippen LogP contribution >= 0.6 is 0 Å². The molecule has 2 aliphatic heterocycles. The Morgan fingerprint density at radius 1 is 1.37 bits per heavy atom. The van der Waals surface area contributed by atoms with Crippen LogP contribution in [0.5, 0.6) is 5.75 Å². The van der Waals surface area contributed by atoms with E-state index >= 15 is 0 Å². The number of amides is 1. The van der Waals surface area contributed by atoms with E-state index in [1.807, 2.05) is 6.92 Å². The van der Waals surface area contributed by atoms with Crippen molar-refractivity contribution in [2.24, 2.45) is 0 Å². The molecule has 2 unspecified atom stereocenters. The molecule has 0 bridgehead atoms. The lowest BCUT2D eigenvalue weighted by atomic mass is 9.87. The van der Waals surface area contributed by atoms with Gasteiger partial charge in [0.25, 0.3) is 5.91 Å². The predicted octanol–water partition coefficient (Wildman–Crippen LogP) is 3.03. The molecular weight excluding hydrogens is 389 g/mol. The minimum Gasteiger partial charge on any atom is -0.490 e. The molecule has 2 atom stereocenters. The number of piperidine rings is 1. The van der Waals surface area contributed by atoms with E-state index in [0.29, 0.717) is 36.6 Å². The molecule has 160 valence electrons. The van der Waals surface area contributed by atoms with Gasteiger partial charge in [-0.2, -0.15) is 0 Å². The van der Waals surface area contributed by atoms with Crippen molar-refractivity contribution in [3.63, 3.8) is 0 Å². The maximum atomic E-state index is 13.7. The number of hydrogen-bond donors (Lipinski definition) is 0. The SMILES string of the molecule is Cc1cc(C(=O)N2CCC3(c4ncccn4)OCOC3C2)ccc1OCC(C)(C)F. The van der Waals surface area contributed by atoms with E-state index in [-0.39, 0.29) is 25.4 Å². The lowest BCUT2D eigenvalue weighted by molar-refractivity contribution is -0.0503. The number of likely N-dealkylation sites (tertiary alicyclic amines) is 1. The van der Waals surface area contributed by atoms with Gasteiger partial charge in [-0.25, -0.2) is 14.4 Å². The van der Waals surface area contributed by atoms with Crippen LogP contribution in [0, 0.1) is 6.92 Å². The Kier molecular flexibility index (Phi) is 5.46. The predicted molar refractivity (Wildman–Crippen MR) is 107 cm³/mol. The van der Waals surface area contributed by atoms with Gasteiger partial charge in [0.2, 0.25) is 0 Å². The summed E-state index contributed by atoms with van der Waals surface area (Å²) in [6.07, 6.45) is 3.60. The molecule has 2 aromatic rings. The second-order valence-corrected chi connectivity index (χ2v) is 8.37. The summed E-state index contributed by atoms with van der Waals surface area (Å²) < 4.78 is 31.0. The van der Waals surface area contributed by atoms with E-state index < -0.39 is 11.3 Å². The summed E-state index contributed by atoms with van der Waals surface area (Å²) in [5.41, 5.74) is -0.797. The summed E-state index contributed by atoms with van der Waals surface area (Å²) in [6.45, 7) is 5.78. The van der Waals surface area contributed by atoms with Crippen molar-refractivity contribution < 1.29 is 23.4 Å². The maximum absolute atomic E-state index is 13.7. The summed E-state index contributed by atoms with van der Waals surface area (Å²) >= 11 is 0. The third-order valence-electron chi connectivity index (χ3n) is 5.47. The molecule has 0 N–H and O–H groups in total. The molecule has 2 saturated heterocycles. The van der Waals surface area contributed by atoms with E-state index in [4.69, 9.17) is 14.2 Å². The first-order valence-corrected chi connectivity index (χ1v) is 10.0. The molecule has 0 saturated carbocycles. The van der Waals surface area contributed by atoms with Gasteiger partial charge in [0.15, 0.2) is 11.4 Å². The highest BCUT2D eigenvalue weighted by molar-refractivity contribution is 5.94. The van der Waals surface area contributed by atoms with Crippen molar-refractivity contribution in [2.75, 3.05) is 26.5 Å². The molecule has 0 aliphatic carbocycles. The van der Waals surface area contributed by atoms with Gasteiger partial charge in [-0.1, -0.05) is 0 Å². The highest BCUT2D eigenvalue weighted by Gasteiger charge is 2.53. The maximum Gasteiger partial charge on any atom is 0.253 e. The summed E-state index contributed by atoms with van der Waals surface area (Å²) in [7, 11) is 0. The normalized spacial score (nSPS) is 23.9. The van der Waals surface area contributed by atoms with Crippen molar-refractivity contribution in [3.05, 3.63) is 53.6 Å². The van der Waals surface area contributed by atoms with Crippen LogP contribution in [0.2, 0.25) is 0 Å². The van der Waals surface area contributed by atoms with E-state index in [0.717, 1.165) is 5.56 Å². The number of alkyl halides is 1. The molecule has 0 spiro atoms. The van der Waals surface area contributed by atoms with Gasteiger partial charge in [0, 0.05) is 30.9 Å². The molecule has 30 heavy (non-hydrogen) atoms. The number of rotatable bonds is 5. The summed E-state index contributed by atoms with van der Waals surface area (Å²) in [5.74, 6) is 1.07. The molecular formula is C22H26FN3O4. The van der Waals surface area contributed by atoms with Crippen LogP contribution in [0.25, 0.3) is 0 Å². The topological polar surface area (TPSA) is 73.8 Å². The Labute approximate surface area is 175 Å². The van der Waals surface area contributed by atoms with E-state index in [1.165, 1.54) is 13.8 Å². The third kappa shape index (κ3) is 4.02. The van der Waals surface area contributed by atoms with Gasteiger partial charge < -0.3 is 19.1 Å². The Bertz CT molecular complexity index is 918. The van der Waals surface area contributed by atoms with Crippen LogP contribution < -0.4 is 4.74 Å². The molecule has 2 aliphatic rings. The lowest BCUT2D eigenvalue weighted by Crippen LogP contribution is -2.54. The molecule has 1 amide bonds. The zero-order valence-electron chi connectivity index (χ0n) is 17.4. The van der Waals surface area contributed by atoms with E-state index in [9.17, 15) is 9.18 Å². The number of nitrogens with zero attached hydrogens (tertiary/aromatic N) is 3. The first-order chi connectivity index (χ1) is 14.3. The first kappa shape index (κ1) is 20.7. The van der Waals surface area contributed by atoms with Crippen LogP contribution in [-0.2, 0) is 15.1 Å². The van der Waals surface area contributed by atoms with E-state index in [1.54, 1.807) is 41.6 Å². The Morgan fingerprint density at radius 3 is 2.83 bits per heavy atom. The first-order valence-electron chi connectivity index (χ1n) is 10.0. The van der Waals surface area contributed by atoms with Gasteiger partial charge in [0.1, 0.15) is 30.9 Å². The second kappa shape index (κ2) is 7.92. The number of benzene rings is 1. The summed E-state index contributed by atoms with van der Waals surface area (Å²) in [4.78, 5) is 23.6. The van der Waals surface area contributed by atoms with Gasteiger partial charge >= 0.3 is 0 Å². The third-order valence-corrected chi connectivity index (χ3v) is 5.47. The average molecular weight is 415 g/mol. The van der Waals surface area contributed by atoms with Crippen LogP contribution in [0.4, 0.5) is 4.39 Å². The van der Waals surface area contributed by atoms with Crippen molar-refractivity contribution in [2.45, 2.75) is 44.6 Å². The number of carbonyl (C=O) groups is 1. The second-order valence-electron chi connectivity index (χ2n) is 8.37. The monoisotopic (exact) mass is 415 g/mol. The number of aromatic nitrogens is 2. The fourth-order valence-electron chi connectivity index (χ4n) is 3.87. The number of ether oxygens (including phenoxy) is 3. The fraction of sp³-hybridized carbons (Fsp3) is 0.500. The Morgan fingerprint density at radius 2 is 2.13 bits per heavy atom. The molecule has 4 rings (SSSR count). The van der Waals surface area contributed by atoms with Crippen molar-refractivity contribution in [3.8, 4) is 5.75 Å². The minimum absolute atomic E-state index is 0.0457. The molecule has 3 heterocycles. The van der Waals surface area contributed by atoms with Crippen LogP contribution in [0.15, 0.2) is 36.7 Å². The zero-order chi connectivity index (χ0) is 21.4. The van der Waals surface area contributed by atoms with Crippen molar-refractivity contribution in [1.82, 2.24) is 14.9 Å². The Hall–Kier alpha value is -2.58.